The number of rotatable bonds is 5. The molecule has 0 radical (unpaired) electrons. The van der Waals surface area contributed by atoms with Crippen LogP contribution in [0.15, 0.2) is 18.5 Å². The van der Waals surface area contributed by atoms with Crippen LogP contribution in [0, 0.1) is 0 Å². The van der Waals surface area contributed by atoms with E-state index in [1.54, 1.807) is 0 Å². The average molecular weight is 335 g/mol. The van der Waals surface area contributed by atoms with Crippen molar-refractivity contribution in [3.05, 3.63) is 24.2 Å². The van der Waals surface area contributed by atoms with Gasteiger partial charge in [0.15, 0.2) is 11.9 Å². The molecule has 3 rings (SSSR count). The van der Waals surface area contributed by atoms with Crippen LogP contribution < -0.4 is 5.73 Å². The van der Waals surface area contributed by atoms with Crippen molar-refractivity contribution in [2.45, 2.75) is 44.3 Å². The molecule has 0 aromatic carbocycles. The Bertz CT molecular complexity index is 762. The van der Waals surface area contributed by atoms with Crippen LogP contribution in [0.25, 0.3) is 11.2 Å². The number of aryl methyl sites for hydroxylation is 1. The largest absolute Gasteiger partial charge is 0.394 e. The number of aromatic nitrogens is 4. The molecule has 1 aliphatic rings. The summed E-state index contributed by atoms with van der Waals surface area (Å²) in [5, 5.41) is 29.3. The third-order valence-electron chi connectivity index (χ3n) is 4.09. The molecule has 1 fully saturated rings. The topological polar surface area (TPSA) is 140 Å². The number of ether oxygens (including phenoxy) is 1. The van der Waals surface area contributed by atoms with Crippen molar-refractivity contribution in [3.63, 3.8) is 0 Å². The lowest BCUT2D eigenvalue weighted by Crippen LogP contribution is -2.33. The van der Waals surface area contributed by atoms with Crippen molar-refractivity contribution in [2.75, 3.05) is 12.3 Å². The van der Waals surface area contributed by atoms with Gasteiger partial charge in [0.2, 0.25) is 5.95 Å². The van der Waals surface area contributed by atoms with Gasteiger partial charge in [0, 0.05) is 0 Å². The van der Waals surface area contributed by atoms with Crippen LogP contribution in [-0.4, -0.2) is 59.8 Å². The summed E-state index contributed by atoms with van der Waals surface area (Å²) in [5.74, 6) is 0.0905. The van der Waals surface area contributed by atoms with Crippen molar-refractivity contribution >= 4 is 17.1 Å². The predicted octanol–water partition coefficient (Wildman–Crippen LogP) is -0.471. The van der Waals surface area contributed by atoms with Gasteiger partial charge in [0.05, 0.1) is 18.6 Å². The highest BCUT2D eigenvalue weighted by molar-refractivity contribution is 5.74. The number of aliphatic hydroxyl groups is 3. The standard InChI is InChI=1S/C15H21N5O4/c1-7(2)3-4-8-10-13(19-15(16)18-8)20(6-17-10)14-12(23)11(22)9(5-21)24-14/h6,9,11-12,14,21-23H,1,3-5H2,2H3,(H2,16,18,19)/t9-,11-,12-,14?/m1/s1. The summed E-state index contributed by atoms with van der Waals surface area (Å²) in [6.07, 6.45) is -1.37. The van der Waals surface area contributed by atoms with Gasteiger partial charge in [-0.3, -0.25) is 4.57 Å². The van der Waals surface area contributed by atoms with E-state index in [-0.39, 0.29) is 5.95 Å². The second kappa shape index (κ2) is 6.44. The second-order valence-corrected chi connectivity index (χ2v) is 6.04. The lowest BCUT2D eigenvalue weighted by atomic mass is 10.1. The maximum atomic E-state index is 10.2. The number of nitrogens with zero attached hydrogens (tertiary/aromatic N) is 4. The molecule has 130 valence electrons. The molecule has 0 spiro atoms. The molecule has 9 nitrogen and oxygen atoms in total. The number of fused-ring (bicyclic) bond motifs is 1. The summed E-state index contributed by atoms with van der Waals surface area (Å²) in [5.41, 5.74) is 8.47. The zero-order chi connectivity index (χ0) is 17.4. The summed E-state index contributed by atoms with van der Waals surface area (Å²) in [7, 11) is 0. The SMILES string of the molecule is C=C(C)CCc1nc(N)nc2c1ncn2C1O[C@H](CO)[C@@H](O)[C@H]1O. The molecular weight excluding hydrogens is 314 g/mol. The molecular formula is C15H21N5O4. The van der Waals surface area contributed by atoms with Crippen molar-refractivity contribution in [1.29, 1.82) is 0 Å². The van der Waals surface area contributed by atoms with Gasteiger partial charge >= 0.3 is 0 Å². The van der Waals surface area contributed by atoms with Gasteiger partial charge in [-0.25, -0.2) is 9.97 Å². The lowest BCUT2D eigenvalue weighted by Gasteiger charge is -2.16. The van der Waals surface area contributed by atoms with Crippen LogP contribution in [0.5, 0.6) is 0 Å². The Kier molecular flexibility index (Phi) is 4.50. The number of aliphatic hydroxyl groups excluding tert-OH is 3. The molecule has 0 amide bonds. The van der Waals surface area contributed by atoms with Crippen LogP contribution in [0.1, 0.15) is 25.3 Å². The Hall–Kier alpha value is -2.07. The number of anilines is 1. The number of allylic oxidation sites excluding steroid dienone is 1. The van der Waals surface area contributed by atoms with E-state index in [9.17, 15) is 15.3 Å². The first kappa shape index (κ1) is 16.8. The Morgan fingerprint density at radius 1 is 1.38 bits per heavy atom. The molecule has 3 heterocycles. The van der Waals surface area contributed by atoms with Crippen LogP contribution in [-0.2, 0) is 11.2 Å². The van der Waals surface area contributed by atoms with Crippen molar-refractivity contribution in [3.8, 4) is 0 Å². The zero-order valence-corrected chi connectivity index (χ0v) is 13.3. The maximum absolute atomic E-state index is 10.2. The number of hydrogen-bond donors (Lipinski definition) is 4. The average Bonchev–Trinajstić information content (AvgIpc) is 3.07. The molecule has 1 saturated heterocycles. The lowest BCUT2D eigenvalue weighted by molar-refractivity contribution is -0.0511. The van der Waals surface area contributed by atoms with Crippen LogP contribution in [0.3, 0.4) is 0 Å². The summed E-state index contributed by atoms with van der Waals surface area (Å²) >= 11 is 0. The van der Waals surface area contributed by atoms with Gasteiger partial charge in [-0.1, -0.05) is 5.57 Å². The Labute approximate surface area is 138 Å². The first-order valence-corrected chi connectivity index (χ1v) is 7.68. The van der Waals surface area contributed by atoms with Gasteiger partial charge < -0.3 is 25.8 Å². The van der Waals surface area contributed by atoms with Crippen molar-refractivity contribution in [1.82, 2.24) is 19.5 Å². The van der Waals surface area contributed by atoms with Crippen LogP contribution >= 0.6 is 0 Å². The minimum atomic E-state index is -1.21. The summed E-state index contributed by atoms with van der Waals surface area (Å²) in [6.45, 7) is 5.40. The predicted molar refractivity (Wildman–Crippen MR) is 85.9 cm³/mol. The Morgan fingerprint density at radius 2 is 2.12 bits per heavy atom. The Balaban J connectivity index is 2.00. The molecule has 0 saturated carbocycles. The van der Waals surface area contributed by atoms with Crippen molar-refractivity contribution in [2.24, 2.45) is 0 Å². The van der Waals surface area contributed by atoms with E-state index in [4.69, 9.17) is 10.5 Å². The highest BCUT2D eigenvalue weighted by Crippen LogP contribution is 2.32. The minimum Gasteiger partial charge on any atom is -0.394 e. The van der Waals surface area contributed by atoms with Gasteiger partial charge in [-0.2, -0.15) is 4.98 Å². The molecule has 1 aliphatic heterocycles. The highest BCUT2D eigenvalue weighted by atomic mass is 16.6. The van der Waals surface area contributed by atoms with Gasteiger partial charge in [-0.15, -0.1) is 6.58 Å². The van der Waals surface area contributed by atoms with E-state index >= 15 is 0 Å². The van der Waals surface area contributed by atoms with E-state index in [0.29, 0.717) is 23.3 Å². The normalized spacial score (nSPS) is 27.0. The van der Waals surface area contributed by atoms with E-state index in [0.717, 1.165) is 12.0 Å². The summed E-state index contributed by atoms with van der Waals surface area (Å²) < 4.78 is 7.02. The molecule has 4 atom stereocenters. The third-order valence-corrected chi connectivity index (χ3v) is 4.09. The molecule has 24 heavy (non-hydrogen) atoms. The monoisotopic (exact) mass is 335 g/mol. The van der Waals surface area contributed by atoms with Gasteiger partial charge in [0.1, 0.15) is 23.8 Å². The molecule has 9 heteroatoms. The summed E-state index contributed by atoms with van der Waals surface area (Å²) in [6, 6.07) is 0. The quantitative estimate of drug-likeness (QED) is 0.538. The fourth-order valence-corrected chi connectivity index (χ4v) is 2.80. The van der Waals surface area contributed by atoms with E-state index in [1.807, 2.05) is 6.92 Å². The van der Waals surface area contributed by atoms with E-state index in [1.165, 1.54) is 10.9 Å². The zero-order valence-electron chi connectivity index (χ0n) is 13.3. The first-order chi connectivity index (χ1) is 11.4. The van der Waals surface area contributed by atoms with Crippen LogP contribution in [0.4, 0.5) is 5.95 Å². The number of nitrogen functional groups attached to an aromatic ring is 1. The minimum absolute atomic E-state index is 0.0905. The second-order valence-electron chi connectivity index (χ2n) is 6.04. The van der Waals surface area contributed by atoms with Crippen molar-refractivity contribution < 1.29 is 20.1 Å². The molecule has 0 bridgehead atoms. The van der Waals surface area contributed by atoms with Crippen LogP contribution in [0.2, 0.25) is 0 Å². The number of hydrogen-bond acceptors (Lipinski definition) is 8. The molecule has 2 aromatic heterocycles. The fourth-order valence-electron chi connectivity index (χ4n) is 2.80. The van der Waals surface area contributed by atoms with Gasteiger partial charge in [0.25, 0.3) is 0 Å². The third kappa shape index (κ3) is 2.86. The fraction of sp³-hybridized carbons (Fsp3) is 0.533. The highest BCUT2D eigenvalue weighted by Gasteiger charge is 2.44. The molecule has 2 aromatic rings. The van der Waals surface area contributed by atoms with E-state index in [2.05, 4.69) is 21.5 Å². The maximum Gasteiger partial charge on any atom is 0.222 e. The summed E-state index contributed by atoms with van der Waals surface area (Å²) in [4.78, 5) is 12.7. The van der Waals surface area contributed by atoms with Gasteiger partial charge in [-0.05, 0) is 19.8 Å². The number of nitrogens with two attached hydrogens (primary N) is 1. The van der Waals surface area contributed by atoms with E-state index < -0.39 is 31.1 Å². The molecule has 0 aliphatic carbocycles. The Morgan fingerprint density at radius 3 is 2.75 bits per heavy atom. The number of imidazole rings is 1. The molecule has 1 unspecified atom stereocenters. The smallest absolute Gasteiger partial charge is 0.222 e. The first-order valence-electron chi connectivity index (χ1n) is 7.68. The molecule has 5 N–H and O–H groups in total.